The van der Waals surface area contributed by atoms with Crippen LogP contribution in [0.15, 0.2) is 47.4 Å². The van der Waals surface area contributed by atoms with Crippen molar-refractivity contribution < 1.29 is 17.9 Å². The van der Waals surface area contributed by atoms with Crippen LogP contribution in [0.3, 0.4) is 0 Å². The molecule has 0 saturated heterocycles. The summed E-state index contributed by atoms with van der Waals surface area (Å²) in [4.78, 5) is 15.5. The topological polar surface area (TPSA) is 79.0 Å². The summed E-state index contributed by atoms with van der Waals surface area (Å²) >= 11 is 0. The Kier molecular flexibility index (Phi) is 7.60. The summed E-state index contributed by atoms with van der Waals surface area (Å²) in [5.41, 5.74) is 3.16. The van der Waals surface area contributed by atoms with Crippen molar-refractivity contribution in [3.8, 4) is 5.75 Å². The van der Waals surface area contributed by atoms with Gasteiger partial charge in [0.1, 0.15) is 10.6 Å². The first-order valence-electron chi connectivity index (χ1n) is 12.3. The Balaban J connectivity index is 1.53. The average Bonchev–Trinajstić information content (AvgIpc) is 3.58. The minimum atomic E-state index is -3.74. The number of benzene rings is 2. The van der Waals surface area contributed by atoms with Crippen LogP contribution in [0.5, 0.6) is 5.75 Å². The van der Waals surface area contributed by atoms with E-state index in [0.29, 0.717) is 37.2 Å². The van der Waals surface area contributed by atoms with Crippen molar-refractivity contribution in [3.63, 3.8) is 0 Å². The number of anilines is 1. The molecule has 1 unspecified atom stereocenters. The second-order valence-electron chi connectivity index (χ2n) is 8.89. The summed E-state index contributed by atoms with van der Waals surface area (Å²) in [7, 11) is -3.74. The Bertz CT molecular complexity index is 1130. The lowest BCUT2D eigenvalue weighted by molar-refractivity contribution is -0.118. The zero-order valence-electron chi connectivity index (χ0n) is 20.3. The number of ether oxygens (including phenoxy) is 1. The van der Waals surface area contributed by atoms with Gasteiger partial charge >= 0.3 is 0 Å². The van der Waals surface area contributed by atoms with Crippen molar-refractivity contribution in [1.82, 2.24) is 9.21 Å². The molecule has 4 rings (SSSR count). The molecule has 7 nitrogen and oxygen atoms in total. The number of rotatable bonds is 11. The highest BCUT2D eigenvalue weighted by Crippen LogP contribution is 2.41. The Morgan fingerprint density at radius 1 is 1.06 bits per heavy atom. The van der Waals surface area contributed by atoms with E-state index in [1.807, 2.05) is 6.92 Å². The van der Waals surface area contributed by atoms with Gasteiger partial charge in [-0.2, -0.15) is 4.31 Å². The Hall–Kier alpha value is -2.42. The molecule has 0 radical (unpaired) electrons. The molecule has 34 heavy (non-hydrogen) atoms. The molecule has 0 spiro atoms. The van der Waals surface area contributed by atoms with Crippen molar-refractivity contribution in [2.24, 2.45) is 0 Å². The van der Waals surface area contributed by atoms with Crippen LogP contribution in [0, 0.1) is 0 Å². The van der Waals surface area contributed by atoms with Gasteiger partial charge in [0.25, 0.3) is 0 Å². The van der Waals surface area contributed by atoms with E-state index in [4.69, 9.17) is 4.74 Å². The second kappa shape index (κ2) is 10.5. The van der Waals surface area contributed by atoms with Crippen molar-refractivity contribution in [1.29, 1.82) is 0 Å². The number of hydrogen-bond donors (Lipinski definition) is 1. The maximum atomic E-state index is 13.2. The number of sulfonamides is 1. The standard InChI is InChI=1S/C26H35N3O4S/c1-4-28(5-2)34(31,32)25-17-20(12-16-24(25)33-6-3)27-26(30)18-29(21-13-14-21)23-15-11-19-9-7-8-10-22(19)23/h7-10,12,16-17,21,23H,4-6,11,13-15,18H2,1-3H3,(H,27,30). The highest BCUT2D eigenvalue weighted by atomic mass is 32.2. The van der Waals surface area contributed by atoms with Gasteiger partial charge in [0.05, 0.1) is 13.2 Å². The fourth-order valence-electron chi connectivity index (χ4n) is 4.91. The van der Waals surface area contributed by atoms with Crippen LogP contribution < -0.4 is 10.1 Å². The molecule has 2 aromatic rings. The van der Waals surface area contributed by atoms with Gasteiger partial charge in [-0.25, -0.2) is 8.42 Å². The van der Waals surface area contributed by atoms with Gasteiger partial charge in [-0.15, -0.1) is 0 Å². The fraction of sp³-hybridized carbons (Fsp3) is 0.500. The number of nitrogens with zero attached hydrogens (tertiary/aromatic N) is 2. The van der Waals surface area contributed by atoms with Gasteiger partial charge in [0.2, 0.25) is 15.9 Å². The summed E-state index contributed by atoms with van der Waals surface area (Å²) in [5.74, 6) is 0.168. The Morgan fingerprint density at radius 2 is 1.79 bits per heavy atom. The highest BCUT2D eigenvalue weighted by molar-refractivity contribution is 7.89. The third-order valence-electron chi connectivity index (χ3n) is 6.69. The van der Waals surface area contributed by atoms with Gasteiger partial charge in [-0.1, -0.05) is 38.1 Å². The highest BCUT2D eigenvalue weighted by Gasteiger charge is 2.38. The molecule has 0 aliphatic heterocycles. The van der Waals surface area contributed by atoms with E-state index in [0.717, 1.165) is 25.7 Å². The maximum Gasteiger partial charge on any atom is 0.246 e. The number of aryl methyl sites for hydroxylation is 1. The van der Waals surface area contributed by atoms with Crippen molar-refractivity contribution >= 4 is 21.6 Å². The van der Waals surface area contributed by atoms with E-state index in [2.05, 4.69) is 34.5 Å². The maximum absolute atomic E-state index is 13.2. The zero-order chi connectivity index (χ0) is 24.3. The Labute approximate surface area is 203 Å². The fourth-order valence-corrected chi connectivity index (χ4v) is 6.53. The molecule has 2 aromatic carbocycles. The van der Waals surface area contributed by atoms with Crippen LogP contribution in [0.1, 0.15) is 57.2 Å². The number of fused-ring (bicyclic) bond motifs is 1. The van der Waals surface area contributed by atoms with E-state index in [9.17, 15) is 13.2 Å². The molecule has 0 heterocycles. The van der Waals surface area contributed by atoms with Gasteiger partial charge in [0.15, 0.2) is 0 Å². The zero-order valence-corrected chi connectivity index (χ0v) is 21.1. The monoisotopic (exact) mass is 485 g/mol. The van der Waals surface area contributed by atoms with Crippen LogP contribution in [0.25, 0.3) is 0 Å². The average molecular weight is 486 g/mol. The molecule has 1 saturated carbocycles. The van der Waals surface area contributed by atoms with Crippen molar-refractivity contribution in [2.75, 3.05) is 31.6 Å². The predicted molar refractivity (Wildman–Crippen MR) is 134 cm³/mol. The lowest BCUT2D eigenvalue weighted by atomic mass is 10.1. The van der Waals surface area contributed by atoms with E-state index in [1.54, 1.807) is 26.0 Å². The quantitative estimate of drug-likeness (QED) is 0.516. The van der Waals surface area contributed by atoms with Crippen molar-refractivity contribution in [2.45, 2.75) is 63.4 Å². The molecule has 1 atom stereocenters. The lowest BCUT2D eigenvalue weighted by Gasteiger charge is -2.29. The van der Waals surface area contributed by atoms with E-state index < -0.39 is 10.0 Å². The third kappa shape index (κ3) is 5.14. The van der Waals surface area contributed by atoms with Crippen LogP contribution in [0.4, 0.5) is 5.69 Å². The third-order valence-corrected chi connectivity index (χ3v) is 8.77. The van der Waals surface area contributed by atoms with Crippen LogP contribution in [0.2, 0.25) is 0 Å². The predicted octanol–water partition coefficient (Wildman–Crippen LogP) is 4.21. The molecular formula is C26H35N3O4S. The molecule has 2 aliphatic rings. The molecule has 0 bridgehead atoms. The van der Waals surface area contributed by atoms with Gasteiger partial charge in [-0.05, 0) is 61.9 Å². The second-order valence-corrected chi connectivity index (χ2v) is 10.8. The molecule has 1 fully saturated rings. The molecule has 0 aromatic heterocycles. The van der Waals surface area contributed by atoms with E-state index in [-0.39, 0.29) is 23.4 Å². The molecule has 184 valence electrons. The van der Waals surface area contributed by atoms with E-state index in [1.165, 1.54) is 21.5 Å². The summed E-state index contributed by atoms with van der Waals surface area (Å²) in [6.07, 6.45) is 4.29. The number of nitrogens with one attached hydrogen (secondary N) is 1. The first-order valence-corrected chi connectivity index (χ1v) is 13.7. The Morgan fingerprint density at radius 3 is 2.47 bits per heavy atom. The molecule has 1 amide bonds. The summed E-state index contributed by atoms with van der Waals surface area (Å²) in [5, 5.41) is 2.94. The van der Waals surface area contributed by atoms with Crippen molar-refractivity contribution in [3.05, 3.63) is 53.6 Å². The minimum absolute atomic E-state index is 0.0830. The SMILES string of the molecule is CCOc1ccc(NC(=O)CN(C2CC2)C2CCc3ccccc32)cc1S(=O)(=O)N(CC)CC. The van der Waals surface area contributed by atoms with Gasteiger partial charge < -0.3 is 10.1 Å². The molecule has 8 heteroatoms. The molecular weight excluding hydrogens is 450 g/mol. The summed E-state index contributed by atoms with van der Waals surface area (Å²) in [6.45, 7) is 6.79. The molecule has 2 aliphatic carbocycles. The van der Waals surface area contributed by atoms with E-state index >= 15 is 0 Å². The van der Waals surface area contributed by atoms with Crippen LogP contribution in [-0.4, -0.2) is 55.8 Å². The largest absolute Gasteiger partial charge is 0.492 e. The normalized spacial score (nSPS) is 17.7. The number of hydrogen-bond acceptors (Lipinski definition) is 5. The van der Waals surface area contributed by atoms with Crippen LogP contribution >= 0.6 is 0 Å². The number of carbonyl (C=O) groups is 1. The number of amides is 1. The number of carbonyl (C=O) groups excluding carboxylic acids is 1. The smallest absolute Gasteiger partial charge is 0.246 e. The summed E-state index contributed by atoms with van der Waals surface area (Å²) < 4.78 is 33.4. The van der Waals surface area contributed by atoms with Gasteiger partial charge in [-0.3, -0.25) is 9.69 Å². The molecule has 1 N–H and O–H groups in total. The minimum Gasteiger partial charge on any atom is -0.492 e. The first-order chi connectivity index (χ1) is 16.4. The van der Waals surface area contributed by atoms with Crippen LogP contribution in [-0.2, 0) is 21.2 Å². The van der Waals surface area contributed by atoms with Gasteiger partial charge in [0, 0.05) is 30.9 Å². The lowest BCUT2D eigenvalue weighted by Crippen LogP contribution is -2.37. The first kappa shape index (κ1) is 24.7. The summed E-state index contributed by atoms with van der Waals surface area (Å²) in [6, 6.07) is 14.0.